The Kier molecular flexibility index (Phi) is 3.13. The molecule has 0 amide bonds. The van der Waals surface area contributed by atoms with Crippen molar-refractivity contribution >= 4 is 0 Å². The van der Waals surface area contributed by atoms with Gasteiger partial charge in [-0.3, -0.25) is 0 Å². The average molecular weight is 218 g/mol. The van der Waals surface area contributed by atoms with Crippen molar-refractivity contribution in [1.82, 2.24) is 0 Å². The molecule has 1 heterocycles. The summed E-state index contributed by atoms with van der Waals surface area (Å²) in [6.45, 7) is 8.39. The molecule has 0 unspecified atom stereocenters. The number of hydrogen-bond acceptors (Lipinski definition) is 2. The Morgan fingerprint density at radius 2 is 2.00 bits per heavy atom. The molecule has 0 radical (unpaired) electrons. The molecule has 0 saturated carbocycles. The van der Waals surface area contributed by atoms with Gasteiger partial charge in [0.1, 0.15) is 0 Å². The summed E-state index contributed by atoms with van der Waals surface area (Å²) < 4.78 is 11.5. The van der Waals surface area contributed by atoms with E-state index in [1.165, 1.54) is 5.56 Å². The summed E-state index contributed by atoms with van der Waals surface area (Å²) >= 11 is 0. The van der Waals surface area contributed by atoms with Gasteiger partial charge in [0, 0.05) is 5.92 Å². The van der Waals surface area contributed by atoms with Gasteiger partial charge in [0.25, 0.3) is 0 Å². The van der Waals surface area contributed by atoms with Crippen molar-refractivity contribution in [3.05, 3.63) is 48.6 Å². The zero-order valence-corrected chi connectivity index (χ0v) is 9.85. The first kappa shape index (κ1) is 11.4. The summed E-state index contributed by atoms with van der Waals surface area (Å²) in [6, 6.07) is 10.3. The normalized spacial score (nSPS) is 28.6. The Balaban J connectivity index is 2.20. The van der Waals surface area contributed by atoms with E-state index in [1.54, 1.807) is 0 Å². The van der Waals surface area contributed by atoms with Crippen LogP contribution >= 0.6 is 0 Å². The van der Waals surface area contributed by atoms with Gasteiger partial charge in [0.15, 0.2) is 5.79 Å². The highest BCUT2D eigenvalue weighted by Gasteiger charge is 2.35. The van der Waals surface area contributed by atoms with Crippen LogP contribution in [0.5, 0.6) is 0 Å². The predicted octanol–water partition coefficient (Wildman–Crippen LogP) is 3.11. The molecule has 1 aliphatic heterocycles. The molecule has 2 nitrogen and oxygen atoms in total. The van der Waals surface area contributed by atoms with Gasteiger partial charge >= 0.3 is 0 Å². The summed E-state index contributed by atoms with van der Waals surface area (Å²) in [4.78, 5) is 0. The average Bonchev–Trinajstić information content (AvgIpc) is 2.29. The molecule has 1 aromatic rings. The molecule has 2 rings (SSSR count). The zero-order chi connectivity index (χ0) is 11.6. The van der Waals surface area contributed by atoms with E-state index in [-0.39, 0.29) is 12.0 Å². The van der Waals surface area contributed by atoms with Gasteiger partial charge in [-0.2, -0.15) is 0 Å². The highest BCUT2D eigenvalue weighted by Crippen LogP contribution is 2.33. The summed E-state index contributed by atoms with van der Waals surface area (Å²) in [7, 11) is 0. The van der Waals surface area contributed by atoms with Crippen molar-refractivity contribution in [3.63, 3.8) is 0 Å². The van der Waals surface area contributed by atoms with E-state index in [2.05, 4.69) is 18.7 Å². The maximum absolute atomic E-state index is 5.85. The molecule has 0 aromatic heterocycles. The van der Waals surface area contributed by atoms with E-state index in [0.717, 1.165) is 0 Å². The molecule has 2 heteroatoms. The van der Waals surface area contributed by atoms with E-state index in [1.807, 2.05) is 38.1 Å². The van der Waals surface area contributed by atoms with Gasteiger partial charge in [-0.15, -0.1) is 6.58 Å². The first-order valence-corrected chi connectivity index (χ1v) is 5.62. The molecule has 0 N–H and O–H groups in total. The second-order valence-corrected chi connectivity index (χ2v) is 4.55. The Labute approximate surface area is 96.9 Å². The molecule has 0 bridgehead atoms. The molecule has 1 aliphatic rings. The quantitative estimate of drug-likeness (QED) is 0.710. The van der Waals surface area contributed by atoms with Crippen LogP contribution in [0.3, 0.4) is 0 Å². The highest BCUT2D eigenvalue weighted by atomic mass is 16.7. The lowest BCUT2D eigenvalue weighted by atomic mass is 9.92. The molecule has 0 aliphatic carbocycles. The molecule has 1 aromatic carbocycles. The first-order chi connectivity index (χ1) is 7.62. The fraction of sp³-hybridized carbons (Fsp3) is 0.429. The summed E-state index contributed by atoms with van der Waals surface area (Å²) in [6.07, 6.45) is 1.88. The number of hydrogen-bond donors (Lipinski definition) is 0. The maximum atomic E-state index is 5.85. The standard InChI is InChI=1S/C14H18O2/c1-4-13-12(10-15-14(2,3)16-13)11-8-6-5-7-9-11/h4-9,12-13H,1,10H2,2-3H3/t12-,13-/m0/s1. The minimum absolute atomic E-state index is 0.0196. The molecular formula is C14H18O2. The van der Waals surface area contributed by atoms with Gasteiger partial charge in [-0.1, -0.05) is 36.4 Å². The Morgan fingerprint density at radius 3 is 2.62 bits per heavy atom. The molecule has 1 saturated heterocycles. The van der Waals surface area contributed by atoms with Crippen molar-refractivity contribution in [2.24, 2.45) is 0 Å². The van der Waals surface area contributed by atoms with E-state index in [4.69, 9.17) is 9.47 Å². The SMILES string of the molecule is C=C[C@@H]1OC(C)(C)OC[C@H]1c1ccccc1. The number of rotatable bonds is 2. The van der Waals surface area contributed by atoms with Crippen LogP contribution in [-0.4, -0.2) is 18.5 Å². The van der Waals surface area contributed by atoms with Crippen LogP contribution in [0.25, 0.3) is 0 Å². The summed E-state index contributed by atoms with van der Waals surface area (Å²) in [5, 5.41) is 0. The third-order valence-electron chi connectivity index (χ3n) is 2.89. The highest BCUT2D eigenvalue weighted by molar-refractivity contribution is 5.23. The predicted molar refractivity (Wildman–Crippen MR) is 64.3 cm³/mol. The minimum atomic E-state index is -0.510. The fourth-order valence-electron chi connectivity index (χ4n) is 2.03. The van der Waals surface area contributed by atoms with E-state index >= 15 is 0 Å². The lowest BCUT2D eigenvalue weighted by Gasteiger charge is -2.40. The van der Waals surface area contributed by atoms with Crippen molar-refractivity contribution in [2.45, 2.75) is 31.7 Å². The monoisotopic (exact) mass is 218 g/mol. The summed E-state index contributed by atoms with van der Waals surface area (Å²) in [5.74, 6) is -0.267. The second kappa shape index (κ2) is 4.40. The van der Waals surface area contributed by atoms with E-state index < -0.39 is 5.79 Å². The third kappa shape index (κ3) is 2.34. The molecule has 0 spiro atoms. The van der Waals surface area contributed by atoms with Crippen LogP contribution in [0.4, 0.5) is 0 Å². The van der Waals surface area contributed by atoms with Crippen LogP contribution in [0.2, 0.25) is 0 Å². The third-order valence-corrected chi connectivity index (χ3v) is 2.89. The lowest BCUT2D eigenvalue weighted by molar-refractivity contribution is -0.270. The fourth-order valence-corrected chi connectivity index (χ4v) is 2.03. The van der Waals surface area contributed by atoms with Crippen molar-refractivity contribution < 1.29 is 9.47 Å². The largest absolute Gasteiger partial charge is 0.350 e. The van der Waals surface area contributed by atoms with Gasteiger partial charge in [-0.05, 0) is 19.4 Å². The smallest absolute Gasteiger partial charge is 0.163 e. The number of ether oxygens (including phenoxy) is 2. The van der Waals surface area contributed by atoms with Crippen LogP contribution in [0, 0.1) is 0 Å². The first-order valence-electron chi connectivity index (χ1n) is 5.62. The summed E-state index contributed by atoms with van der Waals surface area (Å²) in [5.41, 5.74) is 1.24. The van der Waals surface area contributed by atoms with Gasteiger partial charge in [0.05, 0.1) is 12.7 Å². The van der Waals surface area contributed by atoms with Crippen LogP contribution in [0.15, 0.2) is 43.0 Å². The van der Waals surface area contributed by atoms with Gasteiger partial charge < -0.3 is 9.47 Å². The van der Waals surface area contributed by atoms with Crippen molar-refractivity contribution in [2.75, 3.05) is 6.61 Å². The van der Waals surface area contributed by atoms with E-state index in [9.17, 15) is 0 Å². The van der Waals surface area contributed by atoms with Crippen LogP contribution in [0.1, 0.15) is 25.3 Å². The van der Waals surface area contributed by atoms with Crippen LogP contribution in [-0.2, 0) is 9.47 Å². The topological polar surface area (TPSA) is 18.5 Å². The Bertz CT molecular complexity index is 356. The molecule has 2 atom stereocenters. The molecule has 1 fully saturated rings. The zero-order valence-electron chi connectivity index (χ0n) is 9.85. The Morgan fingerprint density at radius 1 is 1.31 bits per heavy atom. The van der Waals surface area contributed by atoms with Crippen LogP contribution < -0.4 is 0 Å². The molecule has 86 valence electrons. The lowest BCUT2D eigenvalue weighted by Crippen LogP contribution is -2.43. The van der Waals surface area contributed by atoms with Gasteiger partial charge in [-0.25, -0.2) is 0 Å². The number of benzene rings is 1. The van der Waals surface area contributed by atoms with Gasteiger partial charge in [0.2, 0.25) is 0 Å². The Hall–Kier alpha value is -1.12. The maximum Gasteiger partial charge on any atom is 0.163 e. The molecular weight excluding hydrogens is 200 g/mol. The van der Waals surface area contributed by atoms with E-state index in [0.29, 0.717) is 6.61 Å². The molecule has 16 heavy (non-hydrogen) atoms. The van der Waals surface area contributed by atoms with Crippen molar-refractivity contribution in [3.8, 4) is 0 Å². The van der Waals surface area contributed by atoms with Crippen molar-refractivity contribution in [1.29, 1.82) is 0 Å². The second-order valence-electron chi connectivity index (χ2n) is 4.55. The minimum Gasteiger partial charge on any atom is -0.350 e.